The van der Waals surface area contributed by atoms with Gasteiger partial charge in [-0.05, 0) is 24.6 Å². The van der Waals surface area contributed by atoms with Gasteiger partial charge in [0.05, 0.1) is 23.1 Å². The first-order chi connectivity index (χ1) is 13.6. The van der Waals surface area contributed by atoms with Crippen LogP contribution in [0.1, 0.15) is 23.3 Å². The van der Waals surface area contributed by atoms with E-state index in [0.717, 1.165) is 11.3 Å². The van der Waals surface area contributed by atoms with E-state index in [4.69, 9.17) is 4.42 Å². The number of anilines is 1. The molecule has 0 bridgehead atoms. The summed E-state index contributed by atoms with van der Waals surface area (Å²) in [5, 5.41) is 13.8. The quantitative estimate of drug-likeness (QED) is 0.700. The monoisotopic (exact) mass is 372 g/mol. The first kappa shape index (κ1) is 17.8. The minimum Gasteiger partial charge on any atom is -0.507 e. The molecule has 5 heteroatoms. The highest BCUT2D eigenvalue weighted by Gasteiger charge is 2.23. The lowest BCUT2D eigenvalue weighted by atomic mass is 10.0. The minimum atomic E-state index is -0.582. The molecule has 1 aliphatic heterocycles. The first-order valence-corrected chi connectivity index (χ1v) is 9.10. The van der Waals surface area contributed by atoms with Crippen LogP contribution in [0.3, 0.4) is 0 Å². The number of nitrogens with one attached hydrogen (secondary N) is 1. The second kappa shape index (κ2) is 7.56. The molecule has 1 aromatic heterocycles. The van der Waals surface area contributed by atoms with E-state index >= 15 is 0 Å². The van der Waals surface area contributed by atoms with Gasteiger partial charge in [0, 0.05) is 12.5 Å². The van der Waals surface area contributed by atoms with Gasteiger partial charge in [-0.1, -0.05) is 54.6 Å². The van der Waals surface area contributed by atoms with Crippen molar-refractivity contribution in [3.8, 4) is 5.75 Å². The highest BCUT2D eigenvalue weighted by Crippen LogP contribution is 2.31. The third-order valence-electron chi connectivity index (χ3n) is 4.58. The molecule has 0 aliphatic carbocycles. The van der Waals surface area contributed by atoms with Crippen LogP contribution in [0.5, 0.6) is 5.75 Å². The number of benzene rings is 2. The van der Waals surface area contributed by atoms with Crippen molar-refractivity contribution in [1.82, 2.24) is 0 Å². The number of rotatable bonds is 3. The van der Waals surface area contributed by atoms with Crippen molar-refractivity contribution in [1.29, 1.82) is 0 Å². The van der Waals surface area contributed by atoms with Gasteiger partial charge in [0.25, 0.3) is 0 Å². The SMILES string of the molecule is Cc1cc(O)c(C2=Nc3ccccc3NC(C=Cc3ccccc3)C2)c(=O)o1. The van der Waals surface area contributed by atoms with Crippen molar-refractivity contribution in [3.63, 3.8) is 0 Å². The highest BCUT2D eigenvalue weighted by molar-refractivity contribution is 6.05. The molecule has 0 fully saturated rings. The molecule has 0 spiro atoms. The van der Waals surface area contributed by atoms with E-state index in [-0.39, 0.29) is 17.4 Å². The van der Waals surface area contributed by atoms with E-state index in [1.165, 1.54) is 6.07 Å². The van der Waals surface area contributed by atoms with Crippen LogP contribution < -0.4 is 10.9 Å². The number of para-hydroxylation sites is 2. The van der Waals surface area contributed by atoms with Crippen molar-refractivity contribution >= 4 is 23.2 Å². The van der Waals surface area contributed by atoms with Gasteiger partial charge in [-0.2, -0.15) is 0 Å². The molecule has 2 heterocycles. The fourth-order valence-electron chi connectivity index (χ4n) is 3.27. The lowest BCUT2D eigenvalue weighted by Gasteiger charge is -2.15. The molecule has 140 valence electrons. The Labute approximate surface area is 162 Å². The largest absolute Gasteiger partial charge is 0.507 e. The Balaban J connectivity index is 1.77. The molecule has 28 heavy (non-hydrogen) atoms. The summed E-state index contributed by atoms with van der Waals surface area (Å²) in [4.78, 5) is 17.1. The van der Waals surface area contributed by atoms with Gasteiger partial charge in [-0.3, -0.25) is 4.99 Å². The number of hydrogen-bond acceptors (Lipinski definition) is 5. The number of aryl methyl sites for hydroxylation is 1. The maximum atomic E-state index is 12.4. The molecule has 1 atom stereocenters. The standard InChI is InChI=1S/C23H20N2O3/c1-15-13-21(26)22(23(27)28-15)20-14-17(12-11-16-7-3-2-4-8-16)24-18-9-5-6-10-19(18)25-20/h2-13,17,24,26H,14H2,1H3. The fourth-order valence-corrected chi connectivity index (χ4v) is 3.27. The van der Waals surface area contributed by atoms with E-state index in [9.17, 15) is 9.90 Å². The Morgan fingerprint density at radius 3 is 2.68 bits per heavy atom. The van der Waals surface area contributed by atoms with Gasteiger partial charge >= 0.3 is 5.63 Å². The molecule has 2 aromatic carbocycles. The molecule has 5 nitrogen and oxygen atoms in total. The molecule has 3 aromatic rings. The molecular formula is C23H20N2O3. The van der Waals surface area contributed by atoms with Gasteiger partial charge in [-0.25, -0.2) is 4.79 Å². The average molecular weight is 372 g/mol. The number of aliphatic imine (C=N–C) groups is 1. The minimum absolute atomic E-state index is 0.109. The van der Waals surface area contributed by atoms with Crippen molar-refractivity contribution in [2.45, 2.75) is 19.4 Å². The van der Waals surface area contributed by atoms with Crippen molar-refractivity contribution in [2.75, 3.05) is 5.32 Å². The lowest BCUT2D eigenvalue weighted by molar-refractivity contribution is 0.432. The predicted molar refractivity (Wildman–Crippen MR) is 112 cm³/mol. The van der Waals surface area contributed by atoms with Crippen LogP contribution in [0.4, 0.5) is 11.4 Å². The second-order valence-electron chi connectivity index (χ2n) is 6.71. The Morgan fingerprint density at radius 1 is 1.14 bits per heavy atom. The maximum Gasteiger partial charge on any atom is 0.348 e. The predicted octanol–water partition coefficient (Wildman–Crippen LogP) is 4.67. The summed E-state index contributed by atoms with van der Waals surface area (Å²) in [7, 11) is 0. The van der Waals surface area contributed by atoms with Crippen molar-refractivity contribution in [2.24, 2.45) is 4.99 Å². The summed E-state index contributed by atoms with van der Waals surface area (Å²) in [5.74, 6) is 0.247. The number of fused-ring (bicyclic) bond motifs is 1. The Morgan fingerprint density at radius 2 is 1.89 bits per heavy atom. The molecule has 0 amide bonds. The molecule has 1 aliphatic rings. The summed E-state index contributed by atoms with van der Waals surface area (Å²) in [6.07, 6.45) is 4.50. The summed E-state index contributed by atoms with van der Waals surface area (Å²) in [6.45, 7) is 1.63. The summed E-state index contributed by atoms with van der Waals surface area (Å²) in [5.41, 5.74) is 2.69. The average Bonchev–Trinajstić information content (AvgIpc) is 2.85. The molecule has 0 saturated heterocycles. The van der Waals surface area contributed by atoms with Crippen LogP contribution in [0.25, 0.3) is 6.08 Å². The van der Waals surface area contributed by atoms with E-state index < -0.39 is 5.63 Å². The summed E-state index contributed by atoms with van der Waals surface area (Å²) in [6, 6.07) is 19.0. The molecule has 1 unspecified atom stereocenters. The van der Waals surface area contributed by atoms with E-state index in [0.29, 0.717) is 23.6 Å². The zero-order valence-corrected chi connectivity index (χ0v) is 15.4. The third-order valence-corrected chi connectivity index (χ3v) is 4.58. The Kier molecular flexibility index (Phi) is 4.81. The second-order valence-corrected chi connectivity index (χ2v) is 6.71. The van der Waals surface area contributed by atoms with Gasteiger partial charge in [-0.15, -0.1) is 0 Å². The molecular weight excluding hydrogens is 352 g/mol. The summed E-state index contributed by atoms with van der Waals surface area (Å²) < 4.78 is 5.20. The van der Waals surface area contributed by atoms with Crippen LogP contribution in [0.15, 0.2) is 80.9 Å². The number of hydrogen-bond donors (Lipinski definition) is 2. The van der Waals surface area contributed by atoms with Crippen LogP contribution >= 0.6 is 0 Å². The van der Waals surface area contributed by atoms with E-state index in [2.05, 4.69) is 10.3 Å². The maximum absolute atomic E-state index is 12.4. The first-order valence-electron chi connectivity index (χ1n) is 9.10. The lowest BCUT2D eigenvalue weighted by Crippen LogP contribution is -2.23. The normalized spacial score (nSPS) is 16.2. The molecule has 0 radical (unpaired) electrons. The van der Waals surface area contributed by atoms with Crippen LogP contribution in [0.2, 0.25) is 0 Å². The van der Waals surface area contributed by atoms with Gasteiger partial charge in [0.15, 0.2) is 0 Å². The molecule has 4 rings (SSSR count). The van der Waals surface area contributed by atoms with Crippen LogP contribution in [0, 0.1) is 6.92 Å². The fraction of sp³-hybridized carbons (Fsp3) is 0.130. The van der Waals surface area contributed by atoms with Gasteiger partial charge < -0.3 is 14.8 Å². The van der Waals surface area contributed by atoms with Gasteiger partial charge in [0.1, 0.15) is 17.1 Å². The van der Waals surface area contributed by atoms with Gasteiger partial charge in [0.2, 0.25) is 0 Å². The Hall–Kier alpha value is -3.60. The number of aromatic hydroxyl groups is 1. The highest BCUT2D eigenvalue weighted by atomic mass is 16.4. The topological polar surface area (TPSA) is 74.8 Å². The zero-order chi connectivity index (χ0) is 19.5. The smallest absolute Gasteiger partial charge is 0.348 e. The van der Waals surface area contributed by atoms with Crippen LogP contribution in [-0.4, -0.2) is 16.9 Å². The molecule has 0 saturated carbocycles. The van der Waals surface area contributed by atoms with Crippen LogP contribution in [-0.2, 0) is 0 Å². The summed E-state index contributed by atoms with van der Waals surface area (Å²) >= 11 is 0. The van der Waals surface area contributed by atoms with Crippen molar-refractivity contribution < 1.29 is 9.52 Å². The number of nitrogens with zero attached hydrogens (tertiary/aromatic N) is 1. The van der Waals surface area contributed by atoms with E-state index in [1.54, 1.807) is 6.92 Å². The third kappa shape index (κ3) is 3.74. The van der Waals surface area contributed by atoms with E-state index in [1.807, 2.05) is 66.7 Å². The Bertz CT molecular complexity index is 1110. The van der Waals surface area contributed by atoms with Crippen molar-refractivity contribution in [3.05, 3.63) is 94.0 Å². The zero-order valence-electron chi connectivity index (χ0n) is 15.4. The molecule has 2 N–H and O–H groups in total.